The topological polar surface area (TPSA) is 85.1 Å². The van der Waals surface area contributed by atoms with Gasteiger partial charge in [0.25, 0.3) is 10.0 Å². The van der Waals surface area contributed by atoms with Crippen LogP contribution in [-0.2, 0) is 29.3 Å². The maximum atomic E-state index is 12.3. The molecule has 0 amide bonds. The molecular weight excluding hydrogens is 298 g/mol. The summed E-state index contributed by atoms with van der Waals surface area (Å²) in [5, 5.41) is 4.65. The lowest BCUT2D eigenvalue weighted by atomic mass is 9.98. The number of nitrogens with one attached hydrogen (secondary N) is 1. The minimum Gasteiger partial charge on any atom is -0.359 e. The summed E-state index contributed by atoms with van der Waals surface area (Å²) in [6, 6.07) is 0. The molecule has 0 radical (unpaired) electrons. The van der Waals surface area contributed by atoms with Gasteiger partial charge in [0.2, 0.25) is 0 Å². The molecule has 0 bridgehead atoms. The first-order chi connectivity index (χ1) is 9.60. The monoisotopic (exact) mass is 313 g/mol. The van der Waals surface area contributed by atoms with Gasteiger partial charge in [-0.25, -0.2) is 13.4 Å². The number of sulfonamides is 1. The molecule has 2 aromatic heterocycles. The summed E-state index contributed by atoms with van der Waals surface area (Å²) >= 11 is 1.18. The Labute approximate surface area is 121 Å². The third-order valence-corrected chi connectivity index (χ3v) is 6.22. The first-order valence-corrected chi connectivity index (χ1v) is 8.85. The van der Waals surface area contributed by atoms with E-state index in [1.54, 1.807) is 0 Å². The molecule has 2 aromatic rings. The molecule has 1 aliphatic carbocycles. The van der Waals surface area contributed by atoms with Gasteiger partial charge in [0.1, 0.15) is 5.76 Å². The molecule has 3 rings (SSSR count). The highest BCUT2D eigenvalue weighted by Gasteiger charge is 2.25. The van der Waals surface area contributed by atoms with Gasteiger partial charge in [0, 0.05) is 12.0 Å². The Bertz CT molecular complexity index is 718. The van der Waals surface area contributed by atoms with E-state index in [4.69, 9.17) is 4.52 Å². The largest absolute Gasteiger partial charge is 0.359 e. The van der Waals surface area contributed by atoms with Crippen LogP contribution in [0.1, 0.15) is 36.1 Å². The van der Waals surface area contributed by atoms with Gasteiger partial charge in [-0.15, -0.1) is 11.3 Å². The third kappa shape index (κ3) is 2.45. The van der Waals surface area contributed by atoms with Crippen LogP contribution < -0.4 is 4.72 Å². The predicted molar refractivity (Wildman–Crippen MR) is 75.4 cm³/mol. The number of nitrogens with zero attached hydrogens (tertiary/aromatic N) is 2. The van der Waals surface area contributed by atoms with Gasteiger partial charge < -0.3 is 4.52 Å². The van der Waals surface area contributed by atoms with Gasteiger partial charge >= 0.3 is 0 Å². The fourth-order valence-electron chi connectivity index (χ4n) is 2.22. The van der Waals surface area contributed by atoms with E-state index in [0.29, 0.717) is 5.82 Å². The standard InChI is InChI=1S/C12H15N3O3S2/c1-2-10-13-7-11(19-10)20(16,17)15-12-8-5-3-4-6-9(8)18-14-12/h7H,2-6H2,1H3,(H,14,15). The Hall–Kier alpha value is -1.41. The molecular formula is C12H15N3O3S2. The molecule has 20 heavy (non-hydrogen) atoms. The Morgan fingerprint density at radius 2 is 2.20 bits per heavy atom. The summed E-state index contributed by atoms with van der Waals surface area (Å²) in [5.74, 6) is 1.12. The van der Waals surface area contributed by atoms with Crippen molar-refractivity contribution in [3.05, 3.63) is 22.5 Å². The van der Waals surface area contributed by atoms with Crippen LogP contribution in [-0.4, -0.2) is 18.6 Å². The lowest BCUT2D eigenvalue weighted by molar-refractivity contribution is 0.374. The second-order valence-corrected chi connectivity index (χ2v) is 7.70. The Balaban J connectivity index is 1.88. The molecule has 8 heteroatoms. The van der Waals surface area contributed by atoms with Gasteiger partial charge in [-0.1, -0.05) is 12.1 Å². The molecule has 0 saturated carbocycles. The van der Waals surface area contributed by atoms with E-state index in [0.717, 1.165) is 48.4 Å². The molecule has 0 atom stereocenters. The van der Waals surface area contributed by atoms with Crippen molar-refractivity contribution >= 4 is 27.2 Å². The molecule has 0 aromatic carbocycles. The first-order valence-electron chi connectivity index (χ1n) is 6.55. The van der Waals surface area contributed by atoms with Gasteiger partial charge in [-0.3, -0.25) is 4.72 Å². The van der Waals surface area contributed by atoms with Crippen LogP contribution in [0.25, 0.3) is 0 Å². The molecule has 108 valence electrons. The number of aromatic nitrogens is 2. The van der Waals surface area contributed by atoms with Crippen LogP contribution in [0.15, 0.2) is 14.9 Å². The number of thiazole rings is 1. The zero-order valence-electron chi connectivity index (χ0n) is 11.0. The molecule has 0 aliphatic heterocycles. The van der Waals surface area contributed by atoms with E-state index >= 15 is 0 Å². The second-order valence-electron chi connectivity index (χ2n) is 4.67. The van der Waals surface area contributed by atoms with Crippen LogP contribution in [0.5, 0.6) is 0 Å². The summed E-state index contributed by atoms with van der Waals surface area (Å²) in [5.41, 5.74) is 0.889. The second kappa shape index (κ2) is 5.17. The summed E-state index contributed by atoms with van der Waals surface area (Å²) < 4.78 is 32.5. The number of aryl methyl sites for hydroxylation is 2. The lowest BCUT2D eigenvalue weighted by Gasteiger charge is -2.09. The molecule has 6 nitrogen and oxygen atoms in total. The van der Waals surface area contributed by atoms with Crippen LogP contribution in [0.4, 0.5) is 5.82 Å². The Kier molecular flexibility index (Phi) is 3.51. The van der Waals surface area contributed by atoms with E-state index in [9.17, 15) is 8.42 Å². The lowest BCUT2D eigenvalue weighted by Crippen LogP contribution is -2.14. The minimum atomic E-state index is -3.62. The minimum absolute atomic E-state index is 0.210. The summed E-state index contributed by atoms with van der Waals surface area (Å²) in [6.07, 6.45) is 5.83. The molecule has 2 heterocycles. The van der Waals surface area contributed by atoms with Gasteiger partial charge in [-0.05, 0) is 25.7 Å². The van der Waals surface area contributed by atoms with Crippen LogP contribution in [0.2, 0.25) is 0 Å². The van der Waals surface area contributed by atoms with E-state index in [2.05, 4.69) is 14.9 Å². The van der Waals surface area contributed by atoms with Crippen LogP contribution in [0.3, 0.4) is 0 Å². The number of hydrogen-bond acceptors (Lipinski definition) is 6. The molecule has 1 aliphatic rings. The summed E-state index contributed by atoms with van der Waals surface area (Å²) in [4.78, 5) is 4.07. The smallest absolute Gasteiger partial charge is 0.274 e. The fourth-order valence-corrected chi connectivity index (χ4v) is 4.37. The summed E-state index contributed by atoms with van der Waals surface area (Å²) in [7, 11) is -3.62. The van der Waals surface area contributed by atoms with Crippen molar-refractivity contribution in [3.63, 3.8) is 0 Å². The molecule has 0 spiro atoms. The van der Waals surface area contributed by atoms with E-state index < -0.39 is 10.0 Å². The molecule has 0 saturated heterocycles. The highest BCUT2D eigenvalue weighted by molar-refractivity contribution is 7.94. The highest BCUT2D eigenvalue weighted by Crippen LogP contribution is 2.29. The molecule has 1 N–H and O–H groups in total. The van der Waals surface area contributed by atoms with Gasteiger partial charge in [0.15, 0.2) is 10.0 Å². The van der Waals surface area contributed by atoms with Crippen molar-refractivity contribution in [3.8, 4) is 0 Å². The maximum Gasteiger partial charge on any atom is 0.274 e. The van der Waals surface area contributed by atoms with E-state index in [-0.39, 0.29) is 4.21 Å². The molecule has 0 fully saturated rings. The Morgan fingerprint density at radius 1 is 1.40 bits per heavy atom. The quantitative estimate of drug-likeness (QED) is 0.936. The van der Waals surface area contributed by atoms with E-state index in [1.165, 1.54) is 17.5 Å². The van der Waals surface area contributed by atoms with Crippen molar-refractivity contribution in [2.24, 2.45) is 0 Å². The zero-order chi connectivity index (χ0) is 14.2. The van der Waals surface area contributed by atoms with Crippen molar-refractivity contribution in [2.45, 2.75) is 43.2 Å². The number of rotatable bonds is 4. The maximum absolute atomic E-state index is 12.3. The summed E-state index contributed by atoms with van der Waals surface area (Å²) in [6.45, 7) is 1.94. The normalized spacial score (nSPS) is 15.1. The number of fused-ring (bicyclic) bond motifs is 1. The highest BCUT2D eigenvalue weighted by atomic mass is 32.2. The predicted octanol–water partition coefficient (Wildman–Crippen LogP) is 2.37. The van der Waals surface area contributed by atoms with Crippen LogP contribution in [0, 0.1) is 0 Å². The first kappa shape index (κ1) is 13.6. The average Bonchev–Trinajstić information content (AvgIpc) is 3.06. The van der Waals surface area contributed by atoms with E-state index in [1.807, 2.05) is 6.92 Å². The van der Waals surface area contributed by atoms with Gasteiger partial charge in [-0.2, -0.15) is 0 Å². The molecule has 0 unspecified atom stereocenters. The third-order valence-electron chi connectivity index (χ3n) is 3.28. The number of anilines is 1. The van der Waals surface area contributed by atoms with Crippen molar-refractivity contribution < 1.29 is 12.9 Å². The fraction of sp³-hybridized carbons (Fsp3) is 0.500. The number of hydrogen-bond donors (Lipinski definition) is 1. The average molecular weight is 313 g/mol. The van der Waals surface area contributed by atoms with Gasteiger partial charge in [0.05, 0.1) is 11.2 Å². The Morgan fingerprint density at radius 3 is 2.95 bits per heavy atom. The van der Waals surface area contributed by atoms with Crippen LogP contribution >= 0.6 is 11.3 Å². The van der Waals surface area contributed by atoms with Crippen molar-refractivity contribution in [1.29, 1.82) is 0 Å². The zero-order valence-corrected chi connectivity index (χ0v) is 12.7. The van der Waals surface area contributed by atoms with Crippen molar-refractivity contribution in [2.75, 3.05) is 4.72 Å². The van der Waals surface area contributed by atoms with Crippen molar-refractivity contribution in [1.82, 2.24) is 10.1 Å². The SMILES string of the molecule is CCc1ncc(S(=O)(=O)Nc2noc3c2CCCC3)s1.